The van der Waals surface area contributed by atoms with Crippen molar-refractivity contribution in [1.82, 2.24) is 4.57 Å². The molecular weight excluding hydrogens is 545 g/mol. The van der Waals surface area contributed by atoms with E-state index in [1.807, 2.05) is 51.1 Å². The molecule has 3 rings (SSSR count). The molecule has 0 bridgehead atoms. The maximum atomic E-state index is 14.2. The van der Waals surface area contributed by atoms with E-state index in [9.17, 15) is 9.36 Å². The van der Waals surface area contributed by atoms with Crippen molar-refractivity contribution >= 4 is 18.7 Å². The largest absolute Gasteiger partial charge is 0.531 e. The third-order valence-electron chi connectivity index (χ3n) is 6.04. The first-order valence-corrected chi connectivity index (χ1v) is 15.3. The minimum Gasteiger partial charge on any atom is -0.497 e. The van der Waals surface area contributed by atoms with E-state index in [-0.39, 0.29) is 12.2 Å². The van der Waals surface area contributed by atoms with Crippen molar-refractivity contribution in [1.29, 1.82) is 0 Å². The highest BCUT2D eigenvalue weighted by molar-refractivity contribution is 7.48. The molecule has 0 radical (unpaired) electrons. The van der Waals surface area contributed by atoms with Crippen LogP contribution in [0.2, 0.25) is 0 Å². The Hall–Kier alpha value is -3.26. The molecular formula is C31H42NO8P. The molecule has 0 aliphatic heterocycles. The third kappa shape index (κ3) is 8.15. The Labute approximate surface area is 242 Å². The number of aromatic nitrogens is 1. The van der Waals surface area contributed by atoms with Crippen molar-refractivity contribution in [3.63, 3.8) is 0 Å². The number of ether oxygens (including phenoxy) is 3. The fourth-order valence-corrected chi connectivity index (χ4v) is 5.65. The van der Waals surface area contributed by atoms with Gasteiger partial charge in [0.2, 0.25) is 0 Å². The van der Waals surface area contributed by atoms with E-state index in [0.29, 0.717) is 54.0 Å². The topological polar surface area (TPSA) is 94.5 Å². The number of benzene rings is 2. The molecule has 3 aromatic rings. The molecule has 1 aromatic heterocycles. The molecule has 1 unspecified atom stereocenters. The van der Waals surface area contributed by atoms with Gasteiger partial charge in [-0.3, -0.25) is 13.8 Å². The summed E-state index contributed by atoms with van der Waals surface area (Å²) in [6.07, 6.45) is 4.47. The van der Waals surface area contributed by atoms with E-state index in [2.05, 4.69) is 6.58 Å². The lowest BCUT2D eigenvalue weighted by molar-refractivity contribution is 0.0460. The molecule has 0 saturated heterocycles. The molecule has 0 saturated carbocycles. The van der Waals surface area contributed by atoms with Crippen LogP contribution in [0.5, 0.6) is 17.2 Å². The standard InChI is InChI=1S/C31H42NO8P/c1-9-17-37-26-19-23(10-2)30(36-11-3)27-28(26)32(21-39-41(34,38-12-4)40-31(5,6)7)20-24(29(27)33)18-22-13-15-25(35-8)16-14-22/h12-16,19-20H,4,9-11,17-18,21H2,1-3,5-8H3. The summed E-state index contributed by atoms with van der Waals surface area (Å²) in [7, 11) is -2.46. The molecule has 0 aliphatic rings. The van der Waals surface area contributed by atoms with Crippen LogP contribution in [-0.2, 0) is 37.7 Å². The first-order chi connectivity index (χ1) is 19.5. The first kappa shape index (κ1) is 32.3. The Morgan fingerprint density at radius 3 is 2.32 bits per heavy atom. The Kier molecular flexibility index (Phi) is 11.1. The Bertz CT molecular complexity index is 1440. The molecule has 41 heavy (non-hydrogen) atoms. The highest BCUT2D eigenvalue weighted by atomic mass is 31.2. The van der Waals surface area contributed by atoms with E-state index < -0.39 is 13.4 Å². The zero-order valence-corrected chi connectivity index (χ0v) is 26.0. The number of hydrogen-bond acceptors (Lipinski definition) is 8. The molecule has 2 aromatic carbocycles. The Morgan fingerprint density at radius 1 is 1.05 bits per heavy atom. The summed E-state index contributed by atoms with van der Waals surface area (Å²) in [5.41, 5.74) is 1.74. The zero-order chi connectivity index (χ0) is 30.2. The lowest BCUT2D eigenvalue weighted by atomic mass is 10.00. The Morgan fingerprint density at radius 2 is 1.76 bits per heavy atom. The summed E-state index contributed by atoms with van der Waals surface area (Å²) in [5.74, 6) is 1.73. The number of phosphoric ester groups is 1. The van der Waals surface area contributed by atoms with Crippen LogP contribution >= 0.6 is 7.82 Å². The van der Waals surface area contributed by atoms with Crippen molar-refractivity contribution in [3.05, 3.63) is 76.3 Å². The van der Waals surface area contributed by atoms with Crippen LogP contribution < -0.4 is 19.6 Å². The highest BCUT2D eigenvalue weighted by Gasteiger charge is 2.34. The van der Waals surface area contributed by atoms with Gasteiger partial charge in [-0.05, 0) is 69.9 Å². The van der Waals surface area contributed by atoms with Gasteiger partial charge in [-0.2, -0.15) is 0 Å². The smallest absolute Gasteiger partial charge is 0.497 e. The predicted octanol–water partition coefficient (Wildman–Crippen LogP) is 7.41. The quantitative estimate of drug-likeness (QED) is 0.134. The Balaban J connectivity index is 2.28. The van der Waals surface area contributed by atoms with Crippen LogP contribution in [0.3, 0.4) is 0 Å². The minimum absolute atomic E-state index is 0.177. The molecule has 0 aliphatic carbocycles. The van der Waals surface area contributed by atoms with E-state index >= 15 is 0 Å². The van der Waals surface area contributed by atoms with Crippen LogP contribution in [0.1, 0.15) is 64.7 Å². The number of aryl methyl sites for hydroxylation is 1. The summed E-state index contributed by atoms with van der Waals surface area (Å²) in [6, 6.07) is 9.42. The number of rotatable bonds is 15. The van der Waals surface area contributed by atoms with Crippen LogP contribution in [0.25, 0.3) is 10.9 Å². The van der Waals surface area contributed by atoms with Crippen LogP contribution in [-0.4, -0.2) is 30.5 Å². The normalized spacial score (nSPS) is 13.0. The summed E-state index contributed by atoms with van der Waals surface area (Å²) >= 11 is 0. The second-order valence-corrected chi connectivity index (χ2v) is 11.9. The van der Waals surface area contributed by atoms with E-state index in [1.165, 1.54) is 0 Å². The maximum absolute atomic E-state index is 14.2. The number of pyridine rings is 1. The first-order valence-electron chi connectivity index (χ1n) is 13.8. The molecule has 10 heteroatoms. The average molecular weight is 588 g/mol. The second kappa shape index (κ2) is 14.1. The SMILES string of the molecule is C=COP(=O)(OCn1cc(Cc2ccc(OC)cc2)c(=O)c2c(OCC)c(CC)cc(OCCC)c21)OC(C)(C)C. The zero-order valence-electron chi connectivity index (χ0n) is 25.2. The number of hydrogen-bond donors (Lipinski definition) is 0. The highest BCUT2D eigenvalue weighted by Crippen LogP contribution is 2.53. The predicted molar refractivity (Wildman–Crippen MR) is 161 cm³/mol. The fourth-order valence-electron chi connectivity index (χ4n) is 4.37. The van der Waals surface area contributed by atoms with E-state index in [4.69, 9.17) is 27.8 Å². The molecule has 0 spiro atoms. The molecule has 0 fully saturated rings. The lowest BCUT2D eigenvalue weighted by Crippen LogP contribution is -2.21. The molecule has 9 nitrogen and oxygen atoms in total. The van der Waals surface area contributed by atoms with Crippen molar-refractivity contribution in [2.45, 2.75) is 73.1 Å². The maximum Gasteiger partial charge on any atom is 0.531 e. The van der Waals surface area contributed by atoms with Gasteiger partial charge in [-0.1, -0.05) is 32.6 Å². The molecule has 1 heterocycles. The summed E-state index contributed by atoms with van der Waals surface area (Å²) in [5, 5.41) is 0.378. The van der Waals surface area contributed by atoms with Crippen molar-refractivity contribution in [2.24, 2.45) is 0 Å². The fraction of sp³-hybridized carbons (Fsp3) is 0.452. The lowest BCUT2D eigenvalue weighted by Gasteiger charge is -2.26. The number of nitrogens with zero attached hydrogens (tertiary/aromatic N) is 1. The van der Waals surface area contributed by atoms with E-state index in [0.717, 1.165) is 29.6 Å². The van der Waals surface area contributed by atoms with Crippen molar-refractivity contribution in [2.75, 3.05) is 20.3 Å². The summed E-state index contributed by atoms with van der Waals surface area (Å²) in [6.45, 7) is 15.2. The average Bonchev–Trinajstić information content (AvgIpc) is 2.92. The van der Waals surface area contributed by atoms with Gasteiger partial charge in [-0.15, -0.1) is 0 Å². The number of methoxy groups -OCH3 is 1. The summed E-state index contributed by atoms with van der Waals surface area (Å²) < 4.78 is 49.4. The van der Waals surface area contributed by atoms with Gasteiger partial charge >= 0.3 is 7.82 Å². The van der Waals surface area contributed by atoms with Crippen molar-refractivity contribution in [3.8, 4) is 17.2 Å². The van der Waals surface area contributed by atoms with Crippen LogP contribution in [0, 0.1) is 0 Å². The molecule has 0 N–H and O–H groups in total. The second-order valence-electron chi connectivity index (χ2n) is 10.4. The van der Waals surface area contributed by atoms with Gasteiger partial charge in [0.15, 0.2) is 5.43 Å². The minimum atomic E-state index is -4.07. The van der Waals surface area contributed by atoms with E-state index in [1.54, 1.807) is 38.6 Å². The molecule has 0 amide bonds. The van der Waals surface area contributed by atoms with Gasteiger partial charge in [0.05, 0.1) is 37.6 Å². The van der Waals surface area contributed by atoms with Gasteiger partial charge in [-0.25, -0.2) is 4.57 Å². The van der Waals surface area contributed by atoms with Crippen LogP contribution in [0.4, 0.5) is 0 Å². The monoisotopic (exact) mass is 587 g/mol. The van der Waals surface area contributed by atoms with Gasteiger partial charge < -0.3 is 23.3 Å². The van der Waals surface area contributed by atoms with Gasteiger partial charge in [0.1, 0.15) is 29.5 Å². The molecule has 224 valence electrons. The van der Waals surface area contributed by atoms with Crippen molar-refractivity contribution < 1.29 is 32.3 Å². The van der Waals surface area contributed by atoms with Gasteiger partial charge in [0.25, 0.3) is 0 Å². The van der Waals surface area contributed by atoms with Gasteiger partial charge in [0, 0.05) is 18.2 Å². The third-order valence-corrected chi connectivity index (χ3v) is 7.65. The van der Waals surface area contributed by atoms with Crippen LogP contribution in [0.15, 0.2) is 54.2 Å². The molecule has 1 atom stereocenters. The number of phosphoric acid groups is 1. The number of fused-ring (bicyclic) bond motifs is 1. The summed E-state index contributed by atoms with van der Waals surface area (Å²) in [4.78, 5) is 14.2.